The van der Waals surface area contributed by atoms with Crippen molar-refractivity contribution in [1.82, 2.24) is 0 Å². The van der Waals surface area contributed by atoms with Crippen LogP contribution in [0.3, 0.4) is 0 Å². The summed E-state index contributed by atoms with van der Waals surface area (Å²) in [4.78, 5) is 10.2. The van der Waals surface area contributed by atoms with E-state index in [1.54, 1.807) is 0 Å². The average Bonchev–Trinajstić information content (AvgIpc) is 1.82. The summed E-state index contributed by atoms with van der Waals surface area (Å²) in [6.07, 6.45) is -0.624. The van der Waals surface area contributed by atoms with Crippen LogP contribution in [0.25, 0.3) is 0 Å². The van der Waals surface area contributed by atoms with Gasteiger partial charge in [-0.05, 0) is 0 Å². The molecule has 0 radical (unpaired) electrons. The molecule has 0 bridgehead atoms. The molecule has 0 aromatic carbocycles. The Balaban J connectivity index is 2.88. The quantitative estimate of drug-likeness (QED) is 0.622. The molecule has 2 nitrogen and oxygen atoms in total. The van der Waals surface area contributed by atoms with Gasteiger partial charge in [0.1, 0.15) is 0 Å². The molecule has 0 atom stereocenters. The van der Waals surface area contributed by atoms with Gasteiger partial charge in [0, 0.05) is 12.0 Å². The van der Waals surface area contributed by atoms with Crippen molar-refractivity contribution in [3.63, 3.8) is 0 Å². The first-order valence-corrected chi connectivity index (χ1v) is 2.89. The van der Waals surface area contributed by atoms with Crippen LogP contribution in [0.2, 0.25) is 0 Å². The third-order valence-electron chi connectivity index (χ3n) is 1.28. The summed E-state index contributed by atoms with van der Waals surface area (Å²) in [5, 5.41) is -0.708. The maximum atomic E-state index is 12.1. The molecule has 0 aliphatic heterocycles. The fraction of sp³-hybridized carbons (Fsp3) is 0.400. The summed E-state index contributed by atoms with van der Waals surface area (Å²) in [6, 6.07) is 0. The largest absolute Gasteiger partial charge is 0.366 e. The minimum atomic E-state index is -3.02. The first-order valence-electron chi connectivity index (χ1n) is 2.52. The van der Waals surface area contributed by atoms with Crippen LogP contribution in [0, 0.1) is 0 Å². The number of nitrogens with two attached hydrogens (primary N) is 1. The zero-order valence-corrected chi connectivity index (χ0v) is 5.58. The van der Waals surface area contributed by atoms with Crippen molar-refractivity contribution in [1.29, 1.82) is 0 Å². The second-order valence-electron chi connectivity index (χ2n) is 2.04. The van der Waals surface area contributed by atoms with E-state index in [0.717, 1.165) is 0 Å². The molecule has 0 heterocycles. The Morgan fingerprint density at radius 2 is 2.20 bits per heavy atom. The van der Waals surface area contributed by atoms with Gasteiger partial charge in [-0.2, -0.15) is 8.78 Å². The van der Waals surface area contributed by atoms with Crippen LogP contribution < -0.4 is 5.73 Å². The number of allylic oxidation sites excluding steroid dienone is 1. The fourth-order valence-corrected chi connectivity index (χ4v) is 0.913. The molecule has 0 saturated carbocycles. The highest BCUT2D eigenvalue weighted by Gasteiger charge is 2.47. The summed E-state index contributed by atoms with van der Waals surface area (Å²) in [6.45, 7) is 0. The molecule has 1 aliphatic rings. The van der Waals surface area contributed by atoms with Crippen LogP contribution >= 0.6 is 11.6 Å². The third-order valence-corrected chi connectivity index (χ3v) is 1.79. The molecule has 0 spiro atoms. The summed E-state index contributed by atoms with van der Waals surface area (Å²) in [7, 11) is 0. The van der Waals surface area contributed by atoms with E-state index in [1.165, 1.54) is 0 Å². The van der Waals surface area contributed by atoms with E-state index in [2.05, 4.69) is 0 Å². The number of alkyl halides is 2. The maximum Gasteiger partial charge on any atom is 0.288 e. The first kappa shape index (κ1) is 7.47. The maximum absolute atomic E-state index is 12.1. The van der Waals surface area contributed by atoms with Gasteiger partial charge in [0.05, 0.1) is 5.03 Å². The SMILES string of the molecule is NC(=O)C1=C(Cl)C(F)(F)C1. The van der Waals surface area contributed by atoms with E-state index in [-0.39, 0.29) is 5.57 Å². The van der Waals surface area contributed by atoms with Crippen LogP contribution in [-0.2, 0) is 4.79 Å². The van der Waals surface area contributed by atoms with Gasteiger partial charge in [-0.1, -0.05) is 11.6 Å². The van der Waals surface area contributed by atoms with Crippen molar-refractivity contribution in [3.05, 3.63) is 10.6 Å². The Labute approximate surface area is 60.6 Å². The highest BCUT2D eigenvalue weighted by molar-refractivity contribution is 6.34. The van der Waals surface area contributed by atoms with E-state index in [1.807, 2.05) is 0 Å². The lowest BCUT2D eigenvalue weighted by molar-refractivity contribution is -0.116. The molecule has 56 valence electrons. The third kappa shape index (κ3) is 0.883. The molecule has 0 unspecified atom stereocenters. The van der Waals surface area contributed by atoms with Crippen LogP contribution in [0.1, 0.15) is 6.42 Å². The van der Waals surface area contributed by atoms with Crippen molar-refractivity contribution >= 4 is 17.5 Å². The Bertz CT molecular complexity index is 224. The number of carbonyl (C=O) groups is 1. The van der Waals surface area contributed by atoms with Gasteiger partial charge in [0.15, 0.2) is 0 Å². The molecule has 0 aromatic rings. The first-order chi connectivity index (χ1) is 4.45. The summed E-state index contributed by atoms with van der Waals surface area (Å²) < 4.78 is 24.3. The highest BCUT2D eigenvalue weighted by atomic mass is 35.5. The monoisotopic (exact) mass is 167 g/mol. The average molecular weight is 168 g/mol. The second-order valence-corrected chi connectivity index (χ2v) is 2.42. The van der Waals surface area contributed by atoms with E-state index in [0.29, 0.717) is 0 Å². The van der Waals surface area contributed by atoms with Crippen molar-refractivity contribution in [3.8, 4) is 0 Å². The molecule has 2 N–H and O–H groups in total. The number of hydrogen-bond acceptors (Lipinski definition) is 1. The normalized spacial score (nSPS) is 22.3. The topological polar surface area (TPSA) is 43.1 Å². The minimum Gasteiger partial charge on any atom is -0.366 e. The number of rotatable bonds is 1. The van der Waals surface area contributed by atoms with E-state index < -0.39 is 23.3 Å². The lowest BCUT2D eigenvalue weighted by Gasteiger charge is -2.26. The lowest BCUT2D eigenvalue weighted by atomic mass is 9.94. The number of hydrogen-bond donors (Lipinski definition) is 1. The number of halogens is 3. The molecule has 0 aromatic heterocycles. The fourth-order valence-electron chi connectivity index (χ4n) is 0.687. The lowest BCUT2D eigenvalue weighted by Crippen LogP contribution is -2.35. The van der Waals surface area contributed by atoms with Crippen molar-refractivity contribution in [2.45, 2.75) is 12.3 Å². The van der Waals surface area contributed by atoms with E-state index in [4.69, 9.17) is 17.3 Å². The van der Waals surface area contributed by atoms with Gasteiger partial charge in [-0.3, -0.25) is 4.79 Å². The summed E-state index contributed by atoms with van der Waals surface area (Å²) >= 11 is 5.03. The number of primary amides is 1. The Hall–Kier alpha value is -0.640. The van der Waals surface area contributed by atoms with Gasteiger partial charge in [-0.15, -0.1) is 0 Å². The zero-order chi connectivity index (χ0) is 7.94. The number of carbonyl (C=O) groups excluding carboxylic acids is 1. The van der Waals surface area contributed by atoms with Crippen LogP contribution in [0.4, 0.5) is 8.78 Å². The molecule has 0 saturated heterocycles. The molecule has 10 heavy (non-hydrogen) atoms. The Kier molecular flexibility index (Phi) is 1.43. The van der Waals surface area contributed by atoms with Gasteiger partial charge >= 0.3 is 0 Å². The molecule has 0 fully saturated rings. The van der Waals surface area contributed by atoms with Gasteiger partial charge in [-0.25, -0.2) is 0 Å². The Morgan fingerprint density at radius 3 is 2.30 bits per heavy atom. The predicted octanol–water partition coefficient (Wildman–Crippen LogP) is 1.00. The van der Waals surface area contributed by atoms with Gasteiger partial charge < -0.3 is 5.73 Å². The zero-order valence-electron chi connectivity index (χ0n) is 4.83. The van der Waals surface area contributed by atoms with Crippen molar-refractivity contribution in [2.24, 2.45) is 5.73 Å². The van der Waals surface area contributed by atoms with Crippen molar-refractivity contribution in [2.75, 3.05) is 0 Å². The minimum absolute atomic E-state index is 0.160. The predicted molar refractivity (Wildman–Crippen MR) is 31.6 cm³/mol. The molecular weight excluding hydrogens is 164 g/mol. The smallest absolute Gasteiger partial charge is 0.288 e. The summed E-state index contributed by atoms with van der Waals surface area (Å²) in [5.74, 6) is -3.89. The van der Waals surface area contributed by atoms with E-state index in [9.17, 15) is 13.6 Å². The standard InChI is InChI=1S/C5H4ClF2NO/c6-3-2(4(9)10)1-5(3,7)8/h1H2,(H2,9,10). The number of amides is 1. The van der Waals surface area contributed by atoms with Crippen LogP contribution in [0.15, 0.2) is 10.6 Å². The summed E-state index contributed by atoms with van der Waals surface area (Å²) in [5.41, 5.74) is 4.53. The van der Waals surface area contributed by atoms with E-state index >= 15 is 0 Å². The highest BCUT2D eigenvalue weighted by Crippen LogP contribution is 2.45. The van der Waals surface area contributed by atoms with Crippen LogP contribution in [-0.4, -0.2) is 11.8 Å². The molecule has 1 amide bonds. The Morgan fingerprint density at radius 1 is 1.70 bits per heavy atom. The molecule has 1 rings (SSSR count). The molecule has 1 aliphatic carbocycles. The van der Waals surface area contributed by atoms with Gasteiger partial charge in [0.2, 0.25) is 5.91 Å². The second kappa shape index (κ2) is 1.92. The molecular formula is C5H4ClF2NO. The van der Waals surface area contributed by atoms with Crippen LogP contribution in [0.5, 0.6) is 0 Å². The molecule has 5 heteroatoms. The van der Waals surface area contributed by atoms with Gasteiger partial charge in [0.25, 0.3) is 5.92 Å². The van der Waals surface area contributed by atoms with Crippen molar-refractivity contribution < 1.29 is 13.6 Å².